The first-order valence-corrected chi connectivity index (χ1v) is 28.0. The van der Waals surface area contributed by atoms with Crippen molar-refractivity contribution in [2.24, 2.45) is 28.6 Å². The Hall–Kier alpha value is -3.94. The van der Waals surface area contributed by atoms with Crippen LogP contribution in [0, 0.1) is 28.6 Å². The van der Waals surface area contributed by atoms with Crippen LogP contribution in [0.3, 0.4) is 0 Å². The molecule has 0 aromatic carbocycles. The first-order chi connectivity index (χ1) is 34.4. The highest BCUT2D eigenvalue weighted by Gasteiger charge is 2.52. The second kappa shape index (κ2) is 36.9. The third-order valence-corrected chi connectivity index (χ3v) is 14.4. The lowest BCUT2D eigenvalue weighted by Gasteiger charge is -2.56. The molecule has 4 bridgehead atoms. The predicted octanol–water partition coefficient (Wildman–Crippen LogP) is 12.1. The van der Waals surface area contributed by atoms with E-state index in [9.17, 15) is 28.8 Å². The molecule has 0 N–H and O–H groups in total. The smallest absolute Gasteiger partial charge is 0.466 e. The minimum absolute atomic E-state index is 0.0728. The number of esters is 5. The molecule has 0 heterocycles. The number of carbonyl (C=O) groups excluding carboxylic acids is 6. The van der Waals surface area contributed by atoms with Crippen molar-refractivity contribution in [3.63, 3.8) is 0 Å². The predicted molar refractivity (Wildman–Crippen MR) is 274 cm³/mol. The molecule has 4 fully saturated rings. The van der Waals surface area contributed by atoms with Crippen LogP contribution in [0.15, 0.2) is 24.3 Å². The summed E-state index contributed by atoms with van der Waals surface area (Å²) in [7, 11) is 0. The van der Waals surface area contributed by atoms with Crippen LogP contribution in [0.25, 0.3) is 0 Å². The first-order valence-electron chi connectivity index (χ1n) is 28.0. The van der Waals surface area contributed by atoms with Gasteiger partial charge in [-0.05, 0) is 158 Å². The molecule has 0 aromatic rings. The summed E-state index contributed by atoms with van der Waals surface area (Å²) >= 11 is 0. The Labute approximate surface area is 427 Å². The highest BCUT2D eigenvalue weighted by molar-refractivity contribution is 5.71. The van der Waals surface area contributed by atoms with Crippen molar-refractivity contribution in [3.8, 4) is 0 Å². The van der Waals surface area contributed by atoms with Gasteiger partial charge < -0.3 is 38.1 Å². The minimum Gasteiger partial charge on any atom is -0.466 e. The van der Waals surface area contributed by atoms with Gasteiger partial charge in [0.15, 0.2) is 0 Å². The summed E-state index contributed by atoms with van der Waals surface area (Å²) in [6, 6.07) is 0. The second-order valence-corrected chi connectivity index (χ2v) is 20.9. The molecule has 0 spiro atoms. The van der Waals surface area contributed by atoms with E-state index in [2.05, 4.69) is 56.9 Å². The van der Waals surface area contributed by atoms with Gasteiger partial charge in [-0.3, -0.25) is 24.0 Å². The van der Waals surface area contributed by atoms with Crippen LogP contribution in [0.1, 0.15) is 207 Å². The third kappa shape index (κ3) is 27.6. The van der Waals surface area contributed by atoms with Gasteiger partial charge in [-0.25, -0.2) is 4.79 Å². The summed E-state index contributed by atoms with van der Waals surface area (Å²) in [4.78, 5) is 80.0. The zero-order chi connectivity index (χ0) is 51.4. The summed E-state index contributed by atoms with van der Waals surface area (Å²) in [6.45, 7) is 10.5. The SMILES string of the molecule is CC/C=C\CCCCOC(=O)CCCCCCC(=O)OCC(COC(=O)CCCCCCC(=O)OCCCC/C=C\CC)(COC(=O)CC12CC3CC(CC(C3)C1)C2)COC(=O)OCCCN(CC)CC. The molecule has 71 heavy (non-hydrogen) atoms. The monoisotopic (exact) mass is 1000 g/mol. The number of carbonyl (C=O) groups is 6. The molecular weight excluding hydrogens is 907 g/mol. The van der Waals surface area contributed by atoms with Crippen molar-refractivity contribution < 1.29 is 61.9 Å². The molecule has 0 unspecified atom stereocenters. The van der Waals surface area contributed by atoms with E-state index in [-0.39, 0.29) is 69.2 Å². The molecule has 4 aliphatic carbocycles. The highest BCUT2D eigenvalue weighted by atomic mass is 16.7. The molecule has 14 heteroatoms. The number of nitrogens with zero attached hydrogens (tertiary/aromatic N) is 1. The van der Waals surface area contributed by atoms with Crippen LogP contribution in [-0.2, 0) is 57.1 Å². The summed E-state index contributed by atoms with van der Waals surface area (Å²) in [5, 5.41) is 0. The van der Waals surface area contributed by atoms with Gasteiger partial charge in [-0.1, -0.05) is 77.7 Å². The standard InChI is InChI=1S/C57H95NO13/c1-5-9-11-13-19-25-33-65-50(59)28-21-15-17-23-30-52(61)68-43-57(46-71-55(64)67-35-27-32-58(7-3)8-4,45-70-54(63)42-56-39-47-36-48(40-56)38-49(37-47)41-56)44-69-53(62)31-24-18-16-22-29-51(60)66-34-26-20-14-12-10-6-2/h9-12,47-49H,5-8,13-46H2,1-4H3/b11-9-,12-10-. The van der Waals surface area contributed by atoms with E-state index in [1.165, 1.54) is 19.3 Å². The first kappa shape index (κ1) is 61.4. The molecular formula is C57H95NO13. The topological polar surface area (TPSA) is 170 Å². The van der Waals surface area contributed by atoms with Crippen LogP contribution < -0.4 is 0 Å². The van der Waals surface area contributed by atoms with Crippen molar-refractivity contribution in [2.45, 2.75) is 207 Å². The Balaban J connectivity index is 1.57. The third-order valence-electron chi connectivity index (χ3n) is 14.4. The van der Waals surface area contributed by atoms with Crippen molar-refractivity contribution in [1.29, 1.82) is 0 Å². The van der Waals surface area contributed by atoms with Gasteiger partial charge in [0.1, 0.15) is 31.8 Å². The number of hydrogen-bond acceptors (Lipinski definition) is 14. The quantitative estimate of drug-likeness (QED) is 0.0245. The van der Waals surface area contributed by atoms with Crippen molar-refractivity contribution >= 4 is 36.0 Å². The average molecular weight is 1000 g/mol. The van der Waals surface area contributed by atoms with Crippen LogP contribution in [0.4, 0.5) is 4.79 Å². The van der Waals surface area contributed by atoms with Crippen LogP contribution >= 0.6 is 0 Å². The van der Waals surface area contributed by atoms with Gasteiger partial charge in [0.2, 0.25) is 0 Å². The lowest BCUT2D eigenvalue weighted by atomic mass is 9.49. The van der Waals surface area contributed by atoms with Crippen LogP contribution in [-0.4, -0.2) is 107 Å². The lowest BCUT2D eigenvalue weighted by molar-refractivity contribution is -0.169. The van der Waals surface area contributed by atoms with E-state index in [1.807, 2.05) is 0 Å². The van der Waals surface area contributed by atoms with Gasteiger partial charge in [0.05, 0.1) is 26.2 Å². The summed E-state index contributed by atoms with van der Waals surface area (Å²) in [5.41, 5.74) is -1.47. The van der Waals surface area contributed by atoms with Gasteiger partial charge in [0.25, 0.3) is 0 Å². The van der Waals surface area contributed by atoms with Crippen molar-refractivity contribution in [2.75, 3.05) is 65.9 Å². The van der Waals surface area contributed by atoms with E-state index in [0.717, 1.165) is 103 Å². The Morgan fingerprint density at radius 1 is 0.451 bits per heavy atom. The number of unbranched alkanes of at least 4 members (excludes halogenated alkanes) is 10. The van der Waals surface area contributed by atoms with E-state index in [4.69, 9.17) is 33.2 Å². The number of rotatable bonds is 42. The lowest BCUT2D eigenvalue weighted by Crippen LogP contribution is -2.47. The number of ether oxygens (including phenoxy) is 7. The molecule has 14 nitrogen and oxygen atoms in total. The van der Waals surface area contributed by atoms with E-state index >= 15 is 0 Å². The number of hydrogen-bond donors (Lipinski definition) is 0. The van der Waals surface area contributed by atoms with Crippen molar-refractivity contribution in [3.05, 3.63) is 24.3 Å². The average Bonchev–Trinajstić information content (AvgIpc) is 3.34. The second-order valence-electron chi connectivity index (χ2n) is 20.9. The van der Waals surface area contributed by atoms with Crippen LogP contribution in [0.2, 0.25) is 0 Å². The molecule has 4 rings (SSSR count). The van der Waals surface area contributed by atoms with Gasteiger partial charge in [-0.2, -0.15) is 0 Å². The number of allylic oxidation sites excluding steroid dienone is 4. The zero-order valence-electron chi connectivity index (χ0n) is 44.7. The van der Waals surface area contributed by atoms with Gasteiger partial charge in [0, 0.05) is 32.2 Å². The summed E-state index contributed by atoms with van der Waals surface area (Å²) in [6.07, 6.45) is 29.2. The molecule has 406 valence electrons. The summed E-state index contributed by atoms with van der Waals surface area (Å²) in [5.74, 6) is 0.211. The van der Waals surface area contributed by atoms with E-state index in [0.29, 0.717) is 95.2 Å². The Morgan fingerprint density at radius 3 is 1.27 bits per heavy atom. The van der Waals surface area contributed by atoms with E-state index < -0.39 is 23.5 Å². The fourth-order valence-corrected chi connectivity index (χ4v) is 10.8. The fraction of sp³-hybridized carbons (Fsp3) is 0.825. The maximum Gasteiger partial charge on any atom is 0.508 e. The molecule has 4 aliphatic rings. The molecule has 4 saturated carbocycles. The van der Waals surface area contributed by atoms with Gasteiger partial charge >= 0.3 is 36.0 Å². The molecule has 0 aromatic heterocycles. The largest absolute Gasteiger partial charge is 0.508 e. The normalized spacial score (nSPS) is 19.3. The Kier molecular flexibility index (Phi) is 31.9. The molecule has 0 radical (unpaired) electrons. The van der Waals surface area contributed by atoms with Crippen molar-refractivity contribution in [1.82, 2.24) is 4.90 Å². The summed E-state index contributed by atoms with van der Waals surface area (Å²) < 4.78 is 39.5. The van der Waals surface area contributed by atoms with E-state index in [1.54, 1.807) is 0 Å². The molecule has 0 saturated heterocycles. The molecule has 0 atom stereocenters. The molecule has 0 amide bonds. The maximum absolute atomic E-state index is 13.8. The molecule has 0 aliphatic heterocycles. The zero-order valence-corrected chi connectivity index (χ0v) is 44.7. The van der Waals surface area contributed by atoms with Crippen LogP contribution in [0.5, 0.6) is 0 Å². The Morgan fingerprint density at radius 2 is 0.845 bits per heavy atom. The maximum atomic E-state index is 13.8. The van der Waals surface area contributed by atoms with Gasteiger partial charge in [-0.15, -0.1) is 0 Å². The highest BCUT2D eigenvalue weighted by Crippen LogP contribution is 2.61. The fourth-order valence-electron chi connectivity index (χ4n) is 10.8. The Bertz CT molecular complexity index is 1490. The minimum atomic E-state index is -1.40.